The number of carbonyl (C=O) groups excluding carboxylic acids is 1. The number of aliphatic hydroxyl groups is 11. The van der Waals surface area contributed by atoms with Gasteiger partial charge in [-0.1, -0.05) is 281 Å². The van der Waals surface area contributed by atoms with Crippen LogP contribution in [0.2, 0.25) is 0 Å². The molecule has 0 aromatic carbocycles. The van der Waals surface area contributed by atoms with E-state index in [4.69, 9.17) is 28.4 Å². The Kier molecular flexibility index (Phi) is 53.4. The first kappa shape index (κ1) is 88.0. The number of amides is 1. The van der Waals surface area contributed by atoms with E-state index in [1.165, 1.54) is 225 Å². The summed E-state index contributed by atoms with van der Waals surface area (Å²) >= 11 is 0. The molecule has 0 aromatic heterocycles. The van der Waals surface area contributed by atoms with E-state index in [2.05, 4.69) is 55.6 Å². The number of aliphatic hydroxyl groups excluding tert-OH is 11. The highest BCUT2D eigenvalue weighted by Crippen LogP contribution is 2.33. The van der Waals surface area contributed by atoms with Crippen LogP contribution in [0.1, 0.15) is 303 Å². The van der Waals surface area contributed by atoms with Gasteiger partial charge in [-0.25, -0.2) is 0 Å². The average Bonchev–Trinajstić information content (AvgIpc) is 0.789. The maximum atomic E-state index is 13.4. The van der Waals surface area contributed by atoms with E-state index in [0.29, 0.717) is 12.8 Å². The van der Waals surface area contributed by atoms with Crippen molar-refractivity contribution >= 4 is 5.91 Å². The van der Waals surface area contributed by atoms with Crippen LogP contribution in [0.15, 0.2) is 48.6 Å². The summed E-state index contributed by atoms with van der Waals surface area (Å²) in [6, 6.07) is -0.995. The molecule has 3 rings (SSSR count). The molecule has 0 bridgehead atoms. The number of ether oxygens (including phenoxy) is 6. The molecule has 562 valence electrons. The van der Waals surface area contributed by atoms with Crippen molar-refractivity contribution < 1.29 is 89.4 Å². The summed E-state index contributed by atoms with van der Waals surface area (Å²) in [6.45, 7) is 1.67. The van der Waals surface area contributed by atoms with Crippen molar-refractivity contribution in [3.63, 3.8) is 0 Å². The molecule has 3 fully saturated rings. The molecule has 3 aliphatic heterocycles. The zero-order valence-electron chi connectivity index (χ0n) is 59.9. The van der Waals surface area contributed by atoms with Gasteiger partial charge in [-0.05, 0) is 64.2 Å². The molecule has 19 heteroatoms. The lowest BCUT2D eigenvalue weighted by Gasteiger charge is -2.48. The van der Waals surface area contributed by atoms with Gasteiger partial charge in [0.05, 0.1) is 38.6 Å². The van der Waals surface area contributed by atoms with E-state index in [1.807, 2.05) is 6.08 Å². The lowest BCUT2D eigenvalue weighted by Crippen LogP contribution is -2.66. The molecule has 17 unspecified atom stereocenters. The van der Waals surface area contributed by atoms with Crippen LogP contribution in [0.5, 0.6) is 0 Å². The highest BCUT2D eigenvalue weighted by Gasteiger charge is 2.53. The Morgan fingerprint density at radius 3 is 1.07 bits per heavy atom. The first-order valence-electron chi connectivity index (χ1n) is 38.9. The molecule has 3 aliphatic rings. The molecular formula is C77H141NO18. The second-order valence-corrected chi connectivity index (χ2v) is 27.8. The van der Waals surface area contributed by atoms with Crippen molar-refractivity contribution in [2.24, 2.45) is 0 Å². The Hall–Kier alpha value is -2.25. The van der Waals surface area contributed by atoms with E-state index in [1.54, 1.807) is 6.08 Å². The predicted molar refractivity (Wildman–Crippen MR) is 379 cm³/mol. The average molecular weight is 1370 g/mol. The van der Waals surface area contributed by atoms with Crippen molar-refractivity contribution in [3.05, 3.63) is 48.6 Å². The molecule has 19 nitrogen and oxygen atoms in total. The molecule has 1 amide bonds. The largest absolute Gasteiger partial charge is 0.394 e. The standard InChI is InChI=1S/C77H141NO18/c1-3-5-7-9-11-13-15-17-18-19-20-21-22-23-24-25-26-27-28-29-30-31-32-33-34-35-36-37-38-39-40-41-42-43-45-47-49-51-53-55-65(83)78-60(61(82)54-52-50-48-46-44-16-14-12-10-8-6-4-2)59-91-75-71(89)68(86)73(63(57-80)93-75)96-77-72(90)69(87)74(64(58-81)94-77)95-76-70(88)67(85)66(84)62(56-79)92-76/h10,12,19-20,44,46,52,54,60-64,66-77,79-82,84-90H,3-9,11,13-18,21-43,45,47-51,53,55-59H2,1-2H3,(H,78,83)/b12-10+,20-19-,46-44+,54-52+. The van der Waals surface area contributed by atoms with Gasteiger partial charge in [0.1, 0.15) is 73.2 Å². The Morgan fingerprint density at radius 1 is 0.365 bits per heavy atom. The topological polar surface area (TPSA) is 307 Å². The first-order valence-corrected chi connectivity index (χ1v) is 38.9. The fraction of sp³-hybridized carbons (Fsp3) is 0.883. The molecule has 0 radical (unpaired) electrons. The highest BCUT2D eigenvalue weighted by atomic mass is 16.8. The van der Waals surface area contributed by atoms with Gasteiger partial charge in [0.15, 0.2) is 18.9 Å². The van der Waals surface area contributed by atoms with E-state index >= 15 is 0 Å². The molecule has 3 saturated heterocycles. The van der Waals surface area contributed by atoms with Crippen LogP contribution in [0.4, 0.5) is 0 Å². The van der Waals surface area contributed by atoms with E-state index in [9.17, 15) is 61.0 Å². The number of hydrogen-bond donors (Lipinski definition) is 12. The van der Waals surface area contributed by atoms with E-state index < -0.39 is 124 Å². The number of allylic oxidation sites excluding steroid dienone is 7. The number of carbonyl (C=O) groups is 1. The summed E-state index contributed by atoms with van der Waals surface area (Å²) in [5.74, 6) is -0.287. The van der Waals surface area contributed by atoms with Gasteiger partial charge >= 0.3 is 0 Å². The summed E-state index contributed by atoms with van der Waals surface area (Å²) in [5.41, 5.74) is 0. The minimum atomic E-state index is -1.98. The molecule has 96 heavy (non-hydrogen) atoms. The molecule has 17 atom stereocenters. The number of nitrogens with one attached hydrogen (secondary N) is 1. The number of unbranched alkanes of at least 4 members (excludes halogenated alkanes) is 39. The summed E-state index contributed by atoms with van der Waals surface area (Å²) in [5, 5.41) is 120. The molecule has 12 N–H and O–H groups in total. The molecule has 0 aliphatic carbocycles. The van der Waals surface area contributed by atoms with Gasteiger partial charge in [0.2, 0.25) is 5.91 Å². The number of hydrogen-bond acceptors (Lipinski definition) is 18. The fourth-order valence-corrected chi connectivity index (χ4v) is 13.0. The molecule has 0 aromatic rings. The van der Waals surface area contributed by atoms with E-state index in [-0.39, 0.29) is 18.9 Å². The fourth-order valence-electron chi connectivity index (χ4n) is 13.0. The van der Waals surface area contributed by atoms with Gasteiger partial charge in [0, 0.05) is 6.42 Å². The second-order valence-electron chi connectivity index (χ2n) is 27.8. The van der Waals surface area contributed by atoms with Crippen LogP contribution in [-0.4, -0.2) is 193 Å². The summed E-state index contributed by atoms with van der Waals surface area (Å²) < 4.78 is 34.3. The summed E-state index contributed by atoms with van der Waals surface area (Å²) in [6.07, 6.45) is 45.9. The minimum Gasteiger partial charge on any atom is -0.394 e. The monoisotopic (exact) mass is 1370 g/mol. The Balaban J connectivity index is 1.28. The lowest BCUT2D eigenvalue weighted by molar-refractivity contribution is -0.379. The zero-order valence-corrected chi connectivity index (χ0v) is 59.9. The zero-order chi connectivity index (χ0) is 69.6. The van der Waals surface area contributed by atoms with Gasteiger partial charge in [-0.3, -0.25) is 4.79 Å². The van der Waals surface area contributed by atoms with Crippen molar-refractivity contribution in [1.82, 2.24) is 5.32 Å². The maximum Gasteiger partial charge on any atom is 0.220 e. The molecule has 3 heterocycles. The third-order valence-electron chi connectivity index (χ3n) is 19.3. The summed E-state index contributed by atoms with van der Waals surface area (Å²) in [7, 11) is 0. The Labute approximate surface area is 580 Å². The van der Waals surface area contributed by atoms with Gasteiger partial charge < -0.3 is 89.9 Å². The van der Waals surface area contributed by atoms with Gasteiger partial charge in [0.25, 0.3) is 0 Å². The SMILES string of the molecule is CCCC/C=C/CC/C=C/CC/C=C/C(O)C(COC1OC(CO)C(OC2OC(CO)C(OC3OC(CO)C(O)C(O)C3O)C(O)C2O)C(O)C1O)NC(=O)CCCCCCCCCCCCCCCCCCCCCCCCCCCCC/C=C\CCCCCCCCCC. The molecule has 0 spiro atoms. The van der Waals surface area contributed by atoms with Crippen LogP contribution in [0.25, 0.3) is 0 Å². The van der Waals surface area contributed by atoms with Crippen molar-refractivity contribution in [3.8, 4) is 0 Å². The van der Waals surface area contributed by atoms with Crippen LogP contribution >= 0.6 is 0 Å². The number of rotatable bonds is 61. The highest BCUT2D eigenvalue weighted by molar-refractivity contribution is 5.76. The normalized spacial score (nSPS) is 27.3. The van der Waals surface area contributed by atoms with Gasteiger partial charge in [-0.15, -0.1) is 0 Å². The summed E-state index contributed by atoms with van der Waals surface area (Å²) in [4.78, 5) is 13.4. The van der Waals surface area contributed by atoms with Crippen LogP contribution < -0.4 is 5.32 Å². The Morgan fingerprint density at radius 2 is 0.677 bits per heavy atom. The first-order chi connectivity index (χ1) is 46.8. The van der Waals surface area contributed by atoms with Crippen LogP contribution in [0.3, 0.4) is 0 Å². The van der Waals surface area contributed by atoms with Gasteiger partial charge in [-0.2, -0.15) is 0 Å². The maximum absolute atomic E-state index is 13.4. The Bertz CT molecular complexity index is 1930. The van der Waals surface area contributed by atoms with Crippen molar-refractivity contribution in [1.29, 1.82) is 0 Å². The van der Waals surface area contributed by atoms with Crippen LogP contribution in [-0.2, 0) is 33.2 Å². The molecule has 0 saturated carbocycles. The third-order valence-corrected chi connectivity index (χ3v) is 19.3. The predicted octanol–water partition coefficient (Wildman–Crippen LogP) is 12.1. The smallest absolute Gasteiger partial charge is 0.220 e. The minimum absolute atomic E-state index is 0.235. The van der Waals surface area contributed by atoms with E-state index in [0.717, 1.165) is 44.9 Å². The lowest BCUT2D eigenvalue weighted by atomic mass is 9.96. The second kappa shape index (κ2) is 58.3. The van der Waals surface area contributed by atoms with Crippen LogP contribution in [0, 0.1) is 0 Å². The third kappa shape index (κ3) is 38.7. The molecular weight excluding hydrogens is 1230 g/mol. The van der Waals surface area contributed by atoms with Crippen molar-refractivity contribution in [2.75, 3.05) is 26.4 Å². The van der Waals surface area contributed by atoms with Crippen molar-refractivity contribution in [2.45, 2.75) is 407 Å². The quantitative estimate of drug-likeness (QED) is 0.0199.